The van der Waals surface area contributed by atoms with Gasteiger partial charge in [0.15, 0.2) is 5.96 Å². The highest BCUT2D eigenvalue weighted by Crippen LogP contribution is 2.12. The lowest BCUT2D eigenvalue weighted by Crippen LogP contribution is -2.38. The van der Waals surface area contributed by atoms with E-state index in [0.29, 0.717) is 19.1 Å². The van der Waals surface area contributed by atoms with Gasteiger partial charge in [-0.3, -0.25) is 0 Å². The second-order valence-corrected chi connectivity index (χ2v) is 5.69. The first-order valence-corrected chi connectivity index (χ1v) is 8.16. The highest BCUT2D eigenvalue weighted by molar-refractivity contribution is 14.0. The summed E-state index contributed by atoms with van der Waals surface area (Å²) in [5.41, 5.74) is 8.40. The van der Waals surface area contributed by atoms with Gasteiger partial charge >= 0.3 is 0 Å². The Morgan fingerprint density at radius 3 is 2.43 bits per heavy atom. The van der Waals surface area contributed by atoms with Crippen molar-refractivity contribution in [2.45, 2.75) is 32.2 Å². The molecule has 2 rings (SSSR count). The lowest BCUT2D eigenvalue weighted by molar-refractivity contribution is 0.211. The summed E-state index contributed by atoms with van der Waals surface area (Å²) in [5.74, 6) is 0.684. The van der Waals surface area contributed by atoms with Crippen LogP contribution in [0.4, 0.5) is 5.69 Å². The molecule has 1 aromatic rings. The molecule has 3 N–H and O–H groups in total. The number of anilines is 1. The lowest BCUT2D eigenvalue weighted by atomic mass is 10.2. The zero-order valence-corrected chi connectivity index (χ0v) is 16.3. The van der Waals surface area contributed by atoms with Gasteiger partial charge in [0.05, 0.1) is 13.2 Å². The average Bonchev–Trinajstić information content (AvgIpc) is 2.83. The standard InChI is InChI=1S/C17H28N4O.HI/c1-22-13-10-19-16-8-6-15(7-9-16)14-20-17(18)21-11-4-2-3-5-12-21;/h6-9,19H,2-5,10-14H2,1H3,(H2,18,20);1H. The van der Waals surface area contributed by atoms with E-state index in [9.17, 15) is 0 Å². The van der Waals surface area contributed by atoms with E-state index in [2.05, 4.69) is 39.5 Å². The van der Waals surface area contributed by atoms with Gasteiger partial charge in [-0.05, 0) is 30.5 Å². The molecule has 1 aliphatic rings. The Morgan fingerprint density at radius 2 is 1.83 bits per heavy atom. The molecule has 0 atom stereocenters. The molecule has 0 saturated carbocycles. The maximum absolute atomic E-state index is 6.13. The Hall–Kier alpha value is -1.02. The van der Waals surface area contributed by atoms with Crippen molar-refractivity contribution >= 4 is 35.6 Å². The zero-order valence-electron chi connectivity index (χ0n) is 14.0. The highest BCUT2D eigenvalue weighted by atomic mass is 127. The number of ether oxygens (including phenoxy) is 1. The molecule has 5 nitrogen and oxygen atoms in total. The summed E-state index contributed by atoms with van der Waals surface area (Å²) in [6.07, 6.45) is 5.05. The number of hydrogen-bond acceptors (Lipinski definition) is 3. The molecule has 1 aromatic carbocycles. The van der Waals surface area contributed by atoms with Crippen LogP contribution in [-0.2, 0) is 11.3 Å². The maximum atomic E-state index is 6.13. The topological polar surface area (TPSA) is 62.9 Å². The third-order valence-corrected chi connectivity index (χ3v) is 3.94. The van der Waals surface area contributed by atoms with Crippen LogP contribution in [0.3, 0.4) is 0 Å². The molecule has 1 heterocycles. The predicted octanol–water partition coefficient (Wildman–Crippen LogP) is 3.05. The van der Waals surface area contributed by atoms with E-state index in [-0.39, 0.29) is 24.0 Å². The van der Waals surface area contributed by atoms with E-state index in [1.54, 1.807) is 7.11 Å². The summed E-state index contributed by atoms with van der Waals surface area (Å²) in [5, 5.41) is 3.30. The van der Waals surface area contributed by atoms with Gasteiger partial charge in [-0.25, -0.2) is 4.99 Å². The van der Waals surface area contributed by atoms with E-state index in [1.807, 2.05) is 0 Å². The molecule has 0 aliphatic carbocycles. The van der Waals surface area contributed by atoms with Gasteiger partial charge in [0.2, 0.25) is 0 Å². The third kappa shape index (κ3) is 7.39. The van der Waals surface area contributed by atoms with Crippen molar-refractivity contribution < 1.29 is 4.74 Å². The van der Waals surface area contributed by atoms with Crippen molar-refractivity contribution in [2.24, 2.45) is 10.7 Å². The van der Waals surface area contributed by atoms with Crippen molar-refractivity contribution in [3.63, 3.8) is 0 Å². The monoisotopic (exact) mass is 432 g/mol. The quantitative estimate of drug-likeness (QED) is 0.314. The predicted molar refractivity (Wildman–Crippen MR) is 108 cm³/mol. The van der Waals surface area contributed by atoms with Gasteiger partial charge < -0.3 is 20.7 Å². The van der Waals surface area contributed by atoms with Crippen molar-refractivity contribution in [1.29, 1.82) is 0 Å². The van der Waals surface area contributed by atoms with Gasteiger partial charge in [0.1, 0.15) is 0 Å². The Labute approximate surface area is 156 Å². The number of guanidine groups is 1. The van der Waals surface area contributed by atoms with Gasteiger partial charge in [-0.15, -0.1) is 24.0 Å². The van der Waals surface area contributed by atoms with E-state index in [0.717, 1.165) is 25.3 Å². The summed E-state index contributed by atoms with van der Waals surface area (Å²) in [4.78, 5) is 6.76. The molecule has 0 unspecified atom stereocenters. The van der Waals surface area contributed by atoms with Gasteiger partial charge in [0, 0.05) is 32.4 Å². The number of halogens is 1. The number of rotatable bonds is 6. The molecule has 0 bridgehead atoms. The Balaban J connectivity index is 0.00000264. The van der Waals surface area contributed by atoms with Crippen LogP contribution < -0.4 is 11.1 Å². The molecule has 6 heteroatoms. The molecule has 1 saturated heterocycles. The van der Waals surface area contributed by atoms with Crippen molar-refractivity contribution in [2.75, 3.05) is 38.7 Å². The molecular weight excluding hydrogens is 403 g/mol. The Kier molecular flexibility index (Phi) is 10.0. The Morgan fingerprint density at radius 1 is 1.17 bits per heavy atom. The minimum absolute atomic E-state index is 0. The number of likely N-dealkylation sites (tertiary alicyclic amines) is 1. The fourth-order valence-corrected chi connectivity index (χ4v) is 2.60. The number of methoxy groups -OCH3 is 1. The summed E-state index contributed by atoms with van der Waals surface area (Å²) in [7, 11) is 1.71. The van der Waals surface area contributed by atoms with Crippen molar-refractivity contribution in [3.05, 3.63) is 29.8 Å². The van der Waals surface area contributed by atoms with E-state index in [4.69, 9.17) is 10.5 Å². The van der Waals surface area contributed by atoms with Crippen LogP contribution >= 0.6 is 24.0 Å². The van der Waals surface area contributed by atoms with Crippen LogP contribution in [0.25, 0.3) is 0 Å². The minimum Gasteiger partial charge on any atom is -0.383 e. The first-order valence-electron chi connectivity index (χ1n) is 8.16. The number of aliphatic imine (C=N–C) groups is 1. The number of benzene rings is 1. The number of hydrogen-bond donors (Lipinski definition) is 2. The largest absolute Gasteiger partial charge is 0.383 e. The molecule has 0 spiro atoms. The number of nitrogens with two attached hydrogens (primary N) is 1. The van der Waals surface area contributed by atoms with Crippen LogP contribution in [0.2, 0.25) is 0 Å². The number of nitrogens with zero attached hydrogens (tertiary/aromatic N) is 2. The van der Waals surface area contributed by atoms with Crippen molar-refractivity contribution in [1.82, 2.24) is 4.90 Å². The second-order valence-electron chi connectivity index (χ2n) is 5.69. The highest BCUT2D eigenvalue weighted by Gasteiger charge is 2.10. The van der Waals surface area contributed by atoms with E-state index in [1.165, 1.54) is 31.2 Å². The van der Waals surface area contributed by atoms with Gasteiger partial charge in [-0.1, -0.05) is 25.0 Å². The molecule has 0 aromatic heterocycles. The van der Waals surface area contributed by atoms with Crippen LogP contribution in [0.5, 0.6) is 0 Å². The average molecular weight is 432 g/mol. The summed E-state index contributed by atoms with van der Waals surface area (Å²) in [6, 6.07) is 8.33. The third-order valence-electron chi connectivity index (χ3n) is 3.94. The van der Waals surface area contributed by atoms with Gasteiger partial charge in [0.25, 0.3) is 0 Å². The van der Waals surface area contributed by atoms with Crippen LogP contribution in [0.1, 0.15) is 31.2 Å². The van der Waals surface area contributed by atoms with Crippen molar-refractivity contribution in [3.8, 4) is 0 Å². The molecule has 130 valence electrons. The molecule has 1 fully saturated rings. The van der Waals surface area contributed by atoms with Gasteiger partial charge in [-0.2, -0.15) is 0 Å². The first-order chi connectivity index (χ1) is 10.8. The first kappa shape index (κ1) is 20.0. The fourth-order valence-electron chi connectivity index (χ4n) is 2.60. The SMILES string of the molecule is COCCNc1ccc(CN=C(N)N2CCCCCC2)cc1.I. The van der Waals surface area contributed by atoms with Crippen LogP contribution in [-0.4, -0.2) is 44.2 Å². The summed E-state index contributed by atoms with van der Waals surface area (Å²) < 4.78 is 5.02. The molecule has 0 radical (unpaired) electrons. The minimum atomic E-state index is 0. The van der Waals surface area contributed by atoms with Crippen LogP contribution in [0, 0.1) is 0 Å². The fraction of sp³-hybridized carbons (Fsp3) is 0.588. The van der Waals surface area contributed by atoms with E-state index < -0.39 is 0 Å². The molecule has 23 heavy (non-hydrogen) atoms. The second kappa shape index (κ2) is 11.5. The maximum Gasteiger partial charge on any atom is 0.191 e. The summed E-state index contributed by atoms with van der Waals surface area (Å²) in [6.45, 7) is 4.24. The lowest BCUT2D eigenvalue weighted by Gasteiger charge is -2.21. The molecular formula is C17H29IN4O. The smallest absolute Gasteiger partial charge is 0.191 e. The zero-order chi connectivity index (χ0) is 15.6. The Bertz CT molecular complexity index is 456. The van der Waals surface area contributed by atoms with Crippen LogP contribution in [0.15, 0.2) is 29.3 Å². The molecule has 0 amide bonds. The molecule has 1 aliphatic heterocycles. The van der Waals surface area contributed by atoms with E-state index >= 15 is 0 Å². The summed E-state index contributed by atoms with van der Waals surface area (Å²) >= 11 is 0. The normalized spacial score (nSPS) is 15.7. The number of nitrogens with one attached hydrogen (secondary N) is 1.